The van der Waals surface area contributed by atoms with Crippen molar-refractivity contribution in [1.29, 1.82) is 0 Å². The molecule has 0 aromatic rings. The van der Waals surface area contributed by atoms with E-state index >= 15 is 0 Å². The quantitative estimate of drug-likeness (QED) is 0.598. The molecular formula is C17H29N3O2. The number of nitrogens with one attached hydrogen (secondary N) is 1. The Morgan fingerprint density at radius 1 is 1.09 bits per heavy atom. The van der Waals surface area contributed by atoms with Gasteiger partial charge in [0, 0.05) is 46.1 Å². The maximum Gasteiger partial charge on any atom is 0.223 e. The van der Waals surface area contributed by atoms with Gasteiger partial charge < -0.3 is 15.1 Å². The van der Waals surface area contributed by atoms with Gasteiger partial charge in [-0.15, -0.1) is 0 Å². The molecule has 1 aliphatic heterocycles. The highest BCUT2D eigenvalue weighted by Crippen LogP contribution is 2.19. The van der Waals surface area contributed by atoms with Crippen molar-refractivity contribution >= 4 is 11.8 Å². The molecule has 1 aliphatic carbocycles. The molecule has 2 aliphatic rings. The summed E-state index contributed by atoms with van der Waals surface area (Å²) in [5.41, 5.74) is 1.57. The van der Waals surface area contributed by atoms with E-state index < -0.39 is 0 Å². The zero-order valence-electron chi connectivity index (χ0n) is 13.8. The van der Waals surface area contributed by atoms with Gasteiger partial charge in [0.25, 0.3) is 0 Å². The third-order valence-electron chi connectivity index (χ3n) is 4.60. The average molecular weight is 307 g/mol. The van der Waals surface area contributed by atoms with Crippen molar-refractivity contribution in [1.82, 2.24) is 15.1 Å². The summed E-state index contributed by atoms with van der Waals surface area (Å²) in [4.78, 5) is 27.1. The number of hydrogen-bond acceptors (Lipinski definition) is 3. The van der Waals surface area contributed by atoms with Gasteiger partial charge in [-0.1, -0.05) is 11.6 Å². The fourth-order valence-corrected chi connectivity index (χ4v) is 3.13. The highest BCUT2D eigenvalue weighted by Gasteiger charge is 2.21. The van der Waals surface area contributed by atoms with Crippen LogP contribution >= 0.6 is 0 Å². The highest BCUT2D eigenvalue weighted by molar-refractivity contribution is 5.77. The molecule has 0 saturated carbocycles. The normalized spacial score (nSPS) is 19.0. The van der Waals surface area contributed by atoms with Gasteiger partial charge in [0.15, 0.2) is 0 Å². The number of carbonyl (C=O) groups is 2. The van der Waals surface area contributed by atoms with Crippen LogP contribution in [0.4, 0.5) is 0 Å². The maximum absolute atomic E-state index is 12.1. The molecule has 5 nitrogen and oxygen atoms in total. The first-order valence-electron chi connectivity index (χ1n) is 8.59. The zero-order valence-corrected chi connectivity index (χ0v) is 13.8. The topological polar surface area (TPSA) is 52.7 Å². The molecule has 1 saturated heterocycles. The molecule has 0 atom stereocenters. The molecule has 0 unspecified atom stereocenters. The second-order valence-electron chi connectivity index (χ2n) is 6.25. The van der Waals surface area contributed by atoms with Crippen molar-refractivity contribution in [2.75, 3.05) is 39.3 Å². The van der Waals surface area contributed by atoms with Gasteiger partial charge in [0.1, 0.15) is 0 Å². The number of piperazine rings is 1. The Hall–Kier alpha value is -1.36. The van der Waals surface area contributed by atoms with Crippen LogP contribution in [0.2, 0.25) is 0 Å². The highest BCUT2D eigenvalue weighted by atomic mass is 16.2. The van der Waals surface area contributed by atoms with E-state index in [0.29, 0.717) is 32.6 Å². The monoisotopic (exact) mass is 307 g/mol. The van der Waals surface area contributed by atoms with Crippen LogP contribution in [0.15, 0.2) is 11.6 Å². The van der Waals surface area contributed by atoms with Crippen LogP contribution in [0.25, 0.3) is 0 Å². The van der Waals surface area contributed by atoms with E-state index in [0.717, 1.165) is 19.5 Å². The van der Waals surface area contributed by atoms with Gasteiger partial charge in [-0.05, 0) is 38.6 Å². The molecule has 0 aromatic carbocycles. The van der Waals surface area contributed by atoms with Gasteiger partial charge in [0.05, 0.1) is 0 Å². The summed E-state index contributed by atoms with van der Waals surface area (Å²) >= 11 is 0. The van der Waals surface area contributed by atoms with Crippen molar-refractivity contribution in [2.45, 2.75) is 45.4 Å². The van der Waals surface area contributed by atoms with E-state index in [9.17, 15) is 9.59 Å². The Bertz CT molecular complexity index is 412. The van der Waals surface area contributed by atoms with Crippen LogP contribution in [0, 0.1) is 0 Å². The number of nitrogens with zero attached hydrogens (tertiary/aromatic N) is 2. The SMILES string of the molecule is CC(=O)N1CCN(C(=O)CCNCCC2=CCCCC2)CC1. The van der Waals surface area contributed by atoms with E-state index in [4.69, 9.17) is 0 Å². The smallest absolute Gasteiger partial charge is 0.223 e. The summed E-state index contributed by atoms with van der Waals surface area (Å²) < 4.78 is 0. The number of hydrogen-bond donors (Lipinski definition) is 1. The molecule has 1 fully saturated rings. The number of amides is 2. The largest absolute Gasteiger partial charge is 0.339 e. The molecule has 2 amide bonds. The van der Waals surface area contributed by atoms with Gasteiger partial charge >= 0.3 is 0 Å². The van der Waals surface area contributed by atoms with Crippen molar-refractivity contribution in [3.63, 3.8) is 0 Å². The molecule has 124 valence electrons. The molecule has 1 N–H and O–H groups in total. The Morgan fingerprint density at radius 3 is 2.45 bits per heavy atom. The van der Waals surface area contributed by atoms with E-state index in [1.165, 1.54) is 25.7 Å². The summed E-state index contributed by atoms with van der Waals surface area (Å²) in [6, 6.07) is 0. The van der Waals surface area contributed by atoms with Crippen LogP contribution in [0.5, 0.6) is 0 Å². The van der Waals surface area contributed by atoms with E-state index in [1.807, 2.05) is 4.90 Å². The Kier molecular flexibility index (Phi) is 6.90. The second kappa shape index (κ2) is 8.93. The predicted molar refractivity (Wildman–Crippen MR) is 87.5 cm³/mol. The average Bonchev–Trinajstić information content (AvgIpc) is 2.55. The predicted octanol–water partition coefficient (Wildman–Crippen LogP) is 1.55. The molecule has 5 heteroatoms. The summed E-state index contributed by atoms with van der Waals surface area (Å²) in [7, 11) is 0. The lowest BCUT2D eigenvalue weighted by molar-refractivity contribution is -0.138. The standard InChI is InChI=1S/C17H29N3O2/c1-15(21)19-11-13-20(14-12-19)17(22)8-10-18-9-7-16-5-3-2-4-6-16/h5,18H,2-4,6-14H2,1H3. The van der Waals surface area contributed by atoms with Crippen LogP contribution in [0.1, 0.15) is 45.4 Å². The minimum Gasteiger partial charge on any atom is -0.339 e. The molecule has 0 radical (unpaired) electrons. The summed E-state index contributed by atoms with van der Waals surface area (Å²) in [6.07, 6.45) is 9.20. The Balaban J connectivity index is 1.54. The van der Waals surface area contributed by atoms with Crippen molar-refractivity contribution in [3.05, 3.63) is 11.6 Å². The summed E-state index contributed by atoms with van der Waals surface area (Å²) in [6.45, 7) is 5.99. The first kappa shape index (κ1) is 17.0. The van der Waals surface area contributed by atoms with E-state index in [1.54, 1.807) is 17.4 Å². The minimum atomic E-state index is 0.103. The number of rotatable bonds is 6. The lowest BCUT2D eigenvalue weighted by Crippen LogP contribution is -2.50. The van der Waals surface area contributed by atoms with Crippen LogP contribution in [-0.4, -0.2) is 60.9 Å². The third kappa shape index (κ3) is 5.44. The van der Waals surface area contributed by atoms with Gasteiger partial charge in [0.2, 0.25) is 11.8 Å². The summed E-state index contributed by atoms with van der Waals surface area (Å²) in [5.74, 6) is 0.304. The Labute approximate surface area is 133 Å². The van der Waals surface area contributed by atoms with Gasteiger partial charge in [-0.25, -0.2) is 0 Å². The minimum absolute atomic E-state index is 0.103. The van der Waals surface area contributed by atoms with Crippen LogP contribution in [0.3, 0.4) is 0 Å². The molecule has 1 heterocycles. The zero-order chi connectivity index (χ0) is 15.8. The van der Waals surface area contributed by atoms with Crippen LogP contribution in [-0.2, 0) is 9.59 Å². The second-order valence-corrected chi connectivity index (χ2v) is 6.25. The van der Waals surface area contributed by atoms with E-state index in [2.05, 4.69) is 11.4 Å². The van der Waals surface area contributed by atoms with E-state index in [-0.39, 0.29) is 11.8 Å². The van der Waals surface area contributed by atoms with Gasteiger partial charge in [-0.2, -0.15) is 0 Å². The van der Waals surface area contributed by atoms with Crippen molar-refractivity contribution in [3.8, 4) is 0 Å². The van der Waals surface area contributed by atoms with Crippen molar-refractivity contribution < 1.29 is 9.59 Å². The van der Waals surface area contributed by atoms with Gasteiger partial charge in [-0.3, -0.25) is 9.59 Å². The molecule has 0 spiro atoms. The lowest BCUT2D eigenvalue weighted by Gasteiger charge is -2.34. The van der Waals surface area contributed by atoms with Crippen molar-refractivity contribution in [2.24, 2.45) is 0 Å². The molecule has 22 heavy (non-hydrogen) atoms. The summed E-state index contributed by atoms with van der Waals surface area (Å²) in [5, 5.41) is 3.38. The molecule has 2 rings (SSSR count). The molecular weight excluding hydrogens is 278 g/mol. The third-order valence-corrected chi connectivity index (χ3v) is 4.60. The van der Waals surface area contributed by atoms with Crippen LogP contribution < -0.4 is 5.32 Å². The first-order chi connectivity index (χ1) is 10.7. The number of allylic oxidation sites excluding steroid dienone is 1. The maximum atomic E-state index is 12.1. The molecule has 0 aromatic heterocycles. The molecule has 0 bridgehead atoms. The first-order valence-corrected chi connectivity index (χ1v) is 8.59. The fraction of sp³-hybridized carbons (Fsp3) is 0.765. The lowest BCUT2D eigenvalue weighted by atomic mass is 9.97. The fourth-order valence-electron chi connectivity index (χ4n) is 3.13. The Morgan fingerprint density at radius 2 is 1.82 bits per heavy atom. The number of carbonyl (C=O) groups excluding carboxylic acids is 2.